The Hall–Kier alpha value is -1.55. The molecule has 18 heavy (non-hydrogen) atoms. The van der Waals surface area contributed by atoms with Gasteiger partial charge in [-0.1, -0.05) is 13.0 Å². The number of anilines is 1. The van der Waals surface area contributed by atoms with Crippen LogP contribution >= 0.6 is 0 Å². The average molecular weight is 251 g/mol. The van der Waals surface area contributed by atoms with Crippen LogP contribution in [0.4, 0.5) is 5.69 Å². The molecule has 4 nitrogen and oxygen atoms in total. The standard InChI is InChI=1S/C14H21NO3/c1-5-9-18-12-8-6-7-11(10-12)15-13(16)14(2,3)17-4/h6-8,10H,5,9H2,1-4H3,(H,15,16). The maximum Gasteiger partial charge on any atom is 0.256 e. The number of rotatable bonds is 6. The second-order valence-electron chi connectivity index (χ2n) is 4.54. The smallest absolute Gasteiger partial charge is 0.256 e. The highest BCUT2D eigenvalue weighted by atomic mass is 16.5. The van der Waals surface area contributed by atoms with Gasteiger partial charge in [0.2, 0.25) is 0 Å². The summed E-state index contributed by atoms with van der Waals surface area (Å²) in [6.07, 6.45) is 0.952. The lowest BCUT2D eigenvalue weighted by molar-refractivity contribution is -0.133. The first kappa shape index (κ1) is 14.5. The third kappa shape index (κ3) is 4.04. The second-order valence-corrected chi connectivity index (χ2v) is 4.54. The van der Waals surface area contributed by atoms with E-state index >= 15 is 0 Å². The molecule has 0 atom stereocenters. The highest BCUT2D eigenvalue weighted by Crippen LogP contribution is 2.19. The first-order chi connectivity index (χ1) is 8.49. The van der Waals surface area contributed by atoms with Crippen molar-refractivity contribution in [3.05, 3.63) is 24.3 Å². The molecule has 1 N–H and O–H groups in total. The summed E-state index contributed by atoms with van der Waals surface area (Å²) in [5, 5.41) is 2.81. The normalized spacial score (nSPS) is 11.1. The van der Waals surface area contributed by atoms with Gasteiger partial charge in [-0.05, 0) is 32.4 Å². The second kappa shape index (κ2) is 6.40. The number of carbonyl (C=O) groups is 1. The Bertz CT molecular complexity index is 402. The molecule has 0 heterocycles. The third-order valence-corrected chi connectivity index (χ3v) is 2.62. The maximum absolute atomic E-state index is 11.9. The Labute approximate surface area is 108 Å². The van der Waals surface area contributed by atoms with Crippen molar-refractivity contribution in [2.75, 3.05) is 19.0 Å². The summed E-state index contributed by atoms with van der Waals surface area (Å²) in [6, 6.07) is 7.34. The SMILES string of the molecule is CCCOc1cccc(NC(=O)C(C)(C)OC)c1. The molecule has 0 saturated heterocycles. The van der Waals surface area contributed by atoms with Crippen LogP contribution in [-0.4, -0.2) is 25.2 Å². The minimum atomic E-state index is -0.847. The van der Waals surface area contributed by atoms with E-state index in [1.165, 1.54) is 7.11 Å². The minimum Gasteiger partial charge on any atom is -0.494 e. The van der Waals surface area contributed by atoms with E-state index in [0.717, 1.165) is 12.2 Å². The highest BCUT2D eigenvalue weighted by molar-refractivity contribution is 5.96. The first-order valence-corrected chi connectivity index (χ1v) is 6.09. The summed E-state index contributed by atoms with van der Waals surface area (Å²) in [5.74, 6) is 0.572. The summed E-state index contributed by atoms with van der Waals surface area (Å²) in [4.78, 5) is 11.9. The highest BCUT2D eigenvalue weighted by Gasteiger charge is 2.26. The molecule has 100 valence electrons. The number of ether oxygens (including phenoxy) is 2. The number of hydrogen-bond acceptors (Lipinski definition) is 3. The Kier molecular flexibility index (Phi) is 5.16. The van der Waals surface area contributed by atoms with Crippen molar-refractivity contribution in [2.24, 2.45) is 0 Å². The van der Waals surface area contributed by atoms with Gasteiger partial charge in [-0.25, -0.2) is 0 Å². The fourth-order valence-electron chi connectivity index (χ4n) is 1.26. The van der Waals surface area contributed by atoms with Crippen LogP contribution in [0.1, 0.15) is 27.2 Å². The van der Waals surface area contributed by atoms with Gasteiger partial charge in [0.1, 0.15) is 11.4 Å². The van der Waals surface area contributed by atoms with Crippen molar-refractivity contribution in [1.29, 1.82) is 0 Å². The number of amides is 1. The number of nitrogens with one attached hydrogen (secondary N) is 1. The van der Waals surface area contributed by atoms with Crippen molar-refractivity contribution in [3.8, 4) is 5.75 Å². The number of hydrogen-bond donors (Lipinski definition) is 1. The molecule has 0 aliphatic carbocycles. The molecule has 4 heteroatoms. The summed E-state index contributed by atoms with van der Waals surface area (Å²) < 4.78 is 10.6. The van der Waals surface area contributed by atoms with E-state index in [0.29, 0.717) is 12.3 Å². The van der Waals surface area contributed by atoms with E-state index in [9.17, 15) is 4.79 Å². The van der Waals surface area contributed by atoms with Crippen LogP contribution in [0, 0.1) is 0 Å². The topological polar surface area (TPSA) is 47.6 Å². The van der Waals surface area contributed by atoms with E-state index in [-0.39, 0.29) is 5.91 Å². The van der Waals surface area contributed by atoms with Crippen LogP contribution in [0.5, 0.6) is 5.75 Å². The molecule has 0 saturated carbocycles. The summed E-state index contributed by atoms with van der Waals surface area (Å²) in [5.41, 5.74) is -0.140. The summed E-state index contributed by atoms with van der Waals surface area (Å²) in [6.45, 7) is 6.16. The number of methoxy groups -OCH3 is 1. The Balaban J connectivity index is 2.70. The molecule has 0 aliphatic heterocycles. The molecule has 1 aromatic rings. The Morgan fingerprint density at radius 1 is 1.39 bits per heavy atom. The van der Waals surface area contributed by atoms with E-state index < -0.39 is 5.60 Å². The predicted octanol–water partition coefficient (Wildman–Crippen LogP) is 2.84. The minimum absolute atomic E-state index is 0.183. The van der Waals surface area contributed by atoms with Gasteiger partial charge in [0.15, 0.2) is 0 Å². The predicted molar refractivity (Wildman–Crippen MR) is 71.9 cm³/mol. The van der Waals surface area contributed by atoms with Crippen molar-refractivity contribution >= 4 is 11.6 Å². The van der Waals surface area contributed by atoms with Crippen LogP contribution in [0.15, 0.2) is 24.3 Å². The van der Waals surface area contributed by atoms with Gasteiger partial charge < -0.3 is 14.8 Å². The Morgan fingerprint density at radius 3 is 2.72 bits per heavy atom. The Morgan fingerprint density at radius 2 is 2.11 bits per heavy atom. The fraction of sp³-hybridized carbons (Fsp3) is 0.500. The lowest BCUT2D eigenvalue weighted by Crippen LogP contribution is -2.38. The lowest BCUT2D eigenvalue weighted by Gasteiger charge is -2.21. The monoisotopic (exact) mass is 251 g/mol. The van der Waals surface area contributed by atoms with Crippen LogP contribution in [0.2, 0.25) is 0 Å². The van der Waals surface area contributed by atoms with Crippen LogP contribution < -0.4 is 10.1 Å². The zero-order chi connectivity index (χ0) is 13.6. The van der Waals surface area contributed by atoms with Gasteiger partial charge in [-0.2, -0.15) is 0 Å². The lowest BCUT2D eigenvalue weighted by atomic mass is 10.1. The van der Waals surface area contributed by atoms with Gasteiger partial charge in [-0.15, -0.1) is 0 Å². The first-order valence-electron chi connectivity index (χ1n) is 6.09. The molecule has 0 spiro atoms. The zero-order valence-electron chi connectivity index (χ0n) is 11.4. The molecule has 1 amide bonds. The van der Waals surface area contributed by atoms with Gasteiger partial charge in [-0.3, -0.25) is 4.79 Å². The third-order valence-electron chi connectivity index (χ3n) is 2.62. The fourth-order valence-corrected chi connectivity index (χ4v) is 1.26. The van der Waals surface area contributed by atoms with E-state index in [1.54, 1.807) is 19.9 Å². The van der Waals surface area contributed by atoms with Crippen molar-refractivity contribution in [1.82, 2.24) is 0 Å². The number of carbonyl (C=O) groups excluding carboxylic acids is 1. The largest absolute Gasteiger partial charge is 0.494 e. The molecule has 0 radical (unpaired) electrons. The summed E-state index contributed by atoms with van der Waals surface area (Å²) in [7, 11) is 1.51. The van der Waals surface area contributed by atoms with Gasteiger partial charge in [0.25, 0.3) is 5.91 Å². The van der Waals surface area contributed by atoms with Crippen LogP contribution in [0.25, 0.3) is 0 Å². The molecule has 0 bridgehead atoms. The number of benzene rings is 1. The zero-order valence-corrected chi connectivity index (χ0v) is 11.4. The molecule has 0 fully saturated rings. The molecule has 1 rings (SSSR count). The molecule has 0 aromatic heterocycles. The van der Waals surface area contributed by atoms with Crippen molar-refractivity contribution in [2.45, 2.75) is 32.8 Å². The van der Waals surface area contributed by atoms with Crippen LogP contribution in [-0.2, 0) is 9.53 Å². The molecule has 0 unspecified atom stereocenters. The summed E-state index contributed by atoms with van der Waals surface area (Å²) >= 11 is 0. The molecule has 0 aliphatic rings. The van der Waals surface area contributed by atoms with E-state index in [4.69, 9.17) is 9.47 Å². The quantitative estimate of drug-likeness (QED) is 0.845. The molecule has 1 aromatic carbocycles. The van der Waals surface area contributed by atoms with E-state index in [1.807, 2.05) is 25.1 Å². The maximum atomic E-state index is 11.9. The molecular weight excluding hydrogens is 230 g/mol. The molecular formula is C14H21NO3. The van der Waals surface area contributed by atoms with Gasteiger partial charge >= 0.3 is 0 Å². The van der Waals surface area contributed by atoms with E-state index in [2.05, 4.69) is 5.32 Å². The van der Waals surface area contributed by atoms with Crippen LogP contribution in [0.3, 0.4) is 0 Å². The van der Waals surface area contributed by atoms with Gasteiger partial charge in [0.05, 0.1) is 6.61 Å². The average Bonchev–Trinajstić information content (AvgIpc) is 2.36. The van der Waals surface area contributed by atoms with Crippen molar-refractivity contribution < 1.29 is 14.3 Å². The van der Waals surface area contributed by atoms with Gasteiger partial charge in [0, 0.05) is 18.9 Å². The van der Waals surface area contributed by atoms with Crippen molar-refractivity contribution in [3.63, 3.8) is 0 Å².